The molecule has 0 spiro atoms. The summed E-state index contributed by atoms with van der Waals surface area (Å²) in [5.41, 5.74) is 2.27. The number of fused-ring (bicyclic) bond motifs is 1. The number of imidazole rings is 1. The summed E-state index contributed by atoms with van der Waals surface area (Å²) in [4.78, 5) is 4.08. The SMILES string of the molecule is Cn1cncc1CNCc1cccc2c1OCO2. The molecule has 1 aromatic carbocycles. The number of nitrogens with zero attached hydrogens (tertiary/aromatic N) is 2. The summed E-state index contributed by atoms with van der Waals surface area (Å²) in [5, 5.41) is 3.38. The Morgan fingerprint density at radius 2 is 2.28 bits per heavy atom. The molecule has 0 fully saturated rings. The number of ether oxygens (including phenoxy) is 2. The van der Waals surface area contributed by atoms with Gasteiger partial charge in [0.25, 0.3) is 0 Å². The van der Waals surface area contributed by atoms with Crippen molar-refractivity contribution < 1.29 is 9.47 Å². The number of nitrogens with one attached hydrogen (secondary N) is 1. The molecule has 0 bridgehead atoms. The van der Waals surface area contributed by atoms with Gasteiger partial charge in [0.2, 0.25) is 6.79 Å². The molecule has 3 rings (SSSR count). The molecule has 94 valence electrons. The lowest BCUT2D eigenvalue weighted by Crippen LogP contribution is -2.15. The maximum absolute atomic E-state index is 5.46. The maximum Gasteiger partial charge on any atom is 0.231 e. The van der Waals surface area contributed by atoms with Crippen LogP contribution in [0.5, 0.6) is 11.5 Å². The van der Waals surface area contributed by atoms with Crippen LogP contribution in [0.1, 0.15) is 11.3 Å². The van der Waals surface area contributed by atoms with E-state index < -0.39 is 0 Å². The van der Waals surface area contributed by atoms with Crippen LogP contribution in [0.3, 0.4) is 0 Å². The number of benzene rings is 1. The molecular formula is C13H15N3O2. The monoisotopic (exact) mass is 245 g/mol. The van der Waals surface area contributed by atoms with Crippen LogP contribution in [-0.2, 0) is 20.1 Å². The predicted molar refractivity (Wildman–Crippen MR) is 66.3 cm³/mol. The first-order valence-electron chi connectivity index (χ1n) is 5.88. The first-order valence-corrected chi connectivity index (χ1v) is 5.88. The van der Waals surface area contributed by atoms with Crippen molar-refractivity contribution >= 4 is 0 Å². The van der Waals surface area contributed by atoms with Crippen LogP contribution >= 0.6 is 0 Å². The summed E-state index contributed by atoms with van der Waals surface area (Å²) >= 11 is 0. The van der Waals surface area contributed by atoms with E-state index in [9.17, 15) is 0 Å². The van der Waals surface area contributed by atoms with Crippen molar-refractivity contribution in [2.24, 2.45) is 7.05 Å². The van der Waals surface area contributed by atoms with E-state index in [1.54, 1.807) is 6.33 Å². The summed E-state index contributed by atoms with van der Waals surface area (Å²) in [5.74, 6) is 1.69. The molecule has 1 aliphatic heterocycles. The van der Waals surface area contributed by atoms with Gasteiger partial charge in [-0.1, -0.05) is 12.1 Å². The van der Waals surface area contributed by atoms with Crippen LogP contribution in [0.2, 0.25) is 0 Å². The molecule has 0 atom stereocenters. The van der Waals surface area contributed by atoms with Crippen molar-refractivity contribution in [1.29, 1.82) is 0 Å². The van der Waals surface area contributed by atoms with Gasteiger partial charge in [-0.25, -0.2) is 4.98 Å². The van der Waals surface area contributed by atoms with Crippen molar-refractivity contribution in [2.75, 3.05) is 6.79 Å². The molecule has 18 heavy (non-hydrogen) atoms. The third kappa shape index (κ3) is 2.04. The molecular weight excluding hydrogens is 230 g/mol. The summed E-state index contributed by atoms with van der Waals surface area (Å²) < 4.78 is 12.8. The Kier molecular flexibility index (Phi) is 2.90. The second-order valence-electron chi connectivity index (χ2n) is 4.25. The molecule has 1 N–H and O–H groups in total. The van der Waals surface area contributed by atoms with Crippen molar-refractivity contribution in [3.05, 3.63) is 42.0 Å². The Bertz CT molecular complexity index is 551. The summed E-state index contributed by atoms with van der Waals surface area (Å²) in [7, 11) is 1.99. The minimum atomic E-state index is 0.314. The molecule has 0 amide bonds. The number of para-hydroxylation sites is 1. The lowest BCUT2D eigenvalue weighted by Gasteiger charge is -2.08. The molecule has 0 unspecified atom stereocenters. The second kappa shape index (κ2) is 4.70. The van der Waals surface area contributed by atoms with Gasteiger partial charge >= 0.3 is 0 Å². The summed E-state index contributed by atoms with van der Waals surface area (Å²) in [6.07, 6.45) is 3.66. The first-order chi connectivity index (χ1) is 8.84. The van der Waals surface area contributed by atoms with E-state index >= 15 is 0 Å². The van der Waals surface area contributed by atoms with Gasteiger partial charge in [-0.15, -0.1) is 0 Å². The van der Waals surface area contributed by atoms with Crippen LogP contribution in [0.25, 0.3) is 0 Å². The Morgan fingerprint density at radius 3 is 3.11 bits per heavy atom. The zero-order valence-electron chi connectivity index (χ0n) is 10.2. The van der Waals surface area contributed by atoms with E-state index in [1.165, 1.54) is 0 Å². The average Bonchev–Trinajstić information content (AvgIpc) is 2.99. The quantitative estimate of drug-likeness (QED) is 0.885. The van der Waals surface area contributed by atoms with E-state index in [0.717, 1.165) is 35.8 Å². The van der Waals surface area contributed by atoms with Gasteiger partial charge in [0.05, 0.1) is 12.0 Å². The maximum atomic E-state index is 5.46. The van der Waals surface area contributed by atoms with Gasteiger partial charge in [-0.3, -0.25) is 0 Å². The minimum Gasteiger partial charge on any atom is -0.454 e. The van der Waals surface area contributed by atoms with E-state index in [1.807, 2.05) is 36.0 Å². The molecule has 0 saturated carbocycles. The average molecular weight is 245 g/mol. The van der Waals surface area contributed by atoms with Crippen LogP contribution in [0, 0.1) is 0 Å². The Balaban J connectivity index is 1.64. The minimum absolute atomic E-state index is 0.314. The predicted octanol–water partition coefficient (Wildman–Crippen LogP) is 1.44. The zero-order valence-corrected chi connectivity index (χ0v) is 10.2. The standard InChI is InChI=1S/C13H15N3O2/c1-16-8-15-7-11(16)6-14-5-10-3-2-4-12-13(10)18-9-17-12/h2-4,7-8,14H,5-6,9H2,1H3. The van der Waals surface area contributed by atoms with Gasteiger partial charge in [-0.2, -0.15) is 0 Å². The summed E-state index contributed by atoms with van der Waals surface area (Å²) in [6.45, 7) is 1.84. The number of aryl methyl sites for hydroxylation is 1. The number of rotatable bonds is 4. The molecule has 2 heterocycles. The molecule has 1 aromatic heterocycles. The van der Waals surface area contributed by atoms with Crippen molar-refractivity contribution in [3.8, 4) is 11.5 Å². The fourth-order valence-electron chi connectivity index (χ4n) is 2.01. The van der Waals surface area contributed by atoms with Crippen molar-refractivity contribution in [3.63, 3.8) is 0 Å². The van der Waals surface area contributed by atoms with Crippen LogP contribution in [0.4, 0.5) is 0 Å². The highest BCUT2D eigenvalue weighted by molar-refractivity contribution is 5.48. The van der Waals surface area contributed by atoms with Crippen LogP contribution < -0.4 is 14.8 Å². The van der Waals surface area contributed by atoms with Crippen LogP contribution in [0.15, 0.2) is 30.7 Å². The van der Waals surface area contributed by atoms with Crippen molar-refractivity contribution in [1.82, 2.24) is 14.9 Å². The Hall–Kier alpha value is -2.01. The number of hydrogen-bond donors (Lipinski definition) is 1. The highest BCUT2D eigenvalue weighted by Crippen LogP contribution is 2.35. The third-order valence-corrected chi connectivity index (χ3v) is 3.02. The number of aromatic nitrogens is 2. The molecule has 0 saturated heterocycles. The van der Waals surface area contributed by atoms with E-state index in [-0.39, 0.29) is 0 Å². The largest absolute Gasteiger partial charge is 0.454 e. The van der Waals surface area contributed by atoms with Gasteiger partial charge in [0, 0.05) is 31.9 Å². The third-order valence-electron chi connectivity index (χ3n) is 3.02. The summed E-state index contributed by atoms with van der Waals surface area (Å²) in [6, 6.07) is 5.95. The molecule has 0 radical (unpaired) electrons. The lowest BCUT2D eigenvalue weighted by atomic mass is 10.2. The smallest absolute Gasteiger partial charge is 0.231 e. The van der Waals surface area contributed by atoms with E-state index in [4.69, 9.17) is 9.47 Å². The van der Waals surface area contributed by atoms with Crippen molar-refractivity contribution in [2.45, 2.75) is 13.1 Å². The van der Waals surface area contributed by atoms with Gasteiger partial charge in [-0.05, 0) is 6.07 Å². The van der Waals surface area contributed by atoms with Crippen LogP contribution in [-0.4, -0.2) is 16.3 Å². The number of hydrogen-bond acceptors (Lipinski definition) is 4. The Morgan fingerprint density at radius 1 is 1.33 bits per heavy atom. The topological polar surface area (TPSA) is 48.3 Å². The molecule has 5 heteroatoms. The molecule has 0 aliphatic carbocycles. The fraction of sp³-hybridized carbons (Fsp3) is 0.308. The molecule has 5 nitrogen and oxygen atoms in total. The Labute approximate surface area is 105 Å². The normalized spacial score (nSPS) is 12.9. The van der Waals surface area contributed by atoms with Gasteiger partial charge in [0.15, 0.2) is 11.5 Å². The van der Waals surface area contributed by atoms with Gasteiger partial charge in [0.1, 0.15) is 0 Å². The van der Waals surface area contributed by atoms with E-state index in [2.05, 4.69) is 10.3 Å². The fourth-order valence-corrected chi connectivity index (χ4v) is 2.01. The van der Waals surface area contributed by atoms with E-state index in [0.29, 0.717) is 6.79 Å². The molecule has 2 aromatic rings. The highest BCUT2D eigenvalue weighted by Gasteiger charge is 2.16. The second-order valence-corrected chi connectivity index (χ2v) is 4.25. The highest BCUT2D eigenvalue weighted by atomic mass is 16.7. The first kappa shape index (κ1) is 11.1. The lowest BCUT2D eigenvalue weighted by molar-refractivity contribution is 0.173. The molecule has 1 aliphatic rings. The zero-order chi connectivity index (χ0) is 12.4. The van der Waals surface area contributed by atoms with Gasteiger partial charge < -0.3 is 19.4 Å².